The van der Waals surface area contributed by atoms with Gasteiger partial charge in [0.1, 0.15) is 0 Å². The predicted octanol–water partition coefficient (Wildman–Crippen LogP) is 1.14. The highest BCUT2D eigenvalue weighted by Gasteiger charge is 2.48. The normalized spacial score (nSPS) is 32.4. The quantitative estimate of drug-likeness (QED) is 0.713. The first-order chi connectivity index (χ1) is 7.94. The van der Waals surface area contributed by atoms with E-state index in [2.05, 4.69) is 6.92 Å². The third kappa shape index (κ3) is 3.19. The zero-order chi connectivity index (χ0) is 12.5. The van der Waals surface area contributed by atoms with Crippen molar-refractivity contribution in [3.8, 4) is 0 Å². The molecule has 2 fully saturated rings. The molecule has 0 N–H and O–H groups in total. The SMILES string of the molecule is CCC1CC2(CC1COS(C)(=O)=O)OCCO2. The molecule has 0 aromatic rings. The van der Waals surface area contributed by atoms with Crippen molar-refractivity contribution in [2.75, 3.05) is 26.1 Å². The average molecular weight is 264 g/mol. The van der Waals surface area contributed by atoms with Gasteiger partial charge < -0.3 is 9.47 Å². The number of hydrogen-bond donors (Lipinski definition) is 0. The molecule has 2 rings (SSSR count). The van der Waals surface area contributed by atoms with Gasteiger partial charge in [-0.05, 0) is 11.8 Å². The zero-order valence-electron chi connectivity index (χ0n) is 10.3. The zero-order valence-corrected chi connectivity index (χ0v) is 11.2. The van der Waals surface area contributed by atoms with E-state index in [1.54, 1.807) is 0 Å². The summed E-state index contributed by atoms with van der Waals surface area (Å²) in [6, 6.07) is 0. The third-order valence-corrected chi connectivity index (χ3v) is 4.21. The summed E-state index contributed by atoms with van der Waals surface area (Å²) in [6.07, 6.45) is 3.66. The smallest absolute Gasteiger partial charge is 0.264 e. The second-order valence-electron chi connectivity index (χ2n) is 4.93. The minimum absolute atomic E-state index is 0.202. The summed E-state index contributed by atoms with van der Waals surface area (Å²) >= 11 is 0. The molecule has 2 unspecified atom stereocenters. The van der Waals surface area contributed by atoms with Crippen LogP contribution in [0.4, 0.5) is 0 Å². The van der Waals surface area contributed by atoms with Crippen LogP contribution in [0.25, 0.3) is 0 Å². The Morgan fingerprint density at radius 2 is 1.82 bits per heavy atom. The molecule has 1 aliphatic carbocycles. The summed E-state index contributed by atoms with van der Waals surface area (Å²) in [7, 11) is -3.36. The molecule has 0 radical (unpaired) electrons. The minimum Gasteiger partial charge on any atom is -0.348 e. The van der Waals surface area contributed by atoms with Crippen molar-refractivity contribution in [2.24, 2.45) is 11.8 Å². The second-order valence-corrected chi connectivity index (χ2v) is 6.58. The van der Waals surface area contributed by atoms with Crippen molar-refractivity contribution < 1.29 is 22.1 Å². The molecular formula is C11H20O5S. The van der Waals surface area contributed by atoms with Crippen LogP contribution in [0.1, 0.15) is 26.2 Å². The highest BCUT2D eigenvalue weighted by molar-refractivity contribution is 7.85. The van der Waals surface area contributed by atoms with E-state index in [9.17, 15) is 8.42 Å². The van der Waals surface area contributed by atoms with Crippen LogP contribution in [-0.2, 0) is 23.8 Å². The highest BCUT2D eigenvalue weighted by atomic mass is 32.2. The van der Waals surface area contributed by atoms with Crippen LogP contribution in [-0.4, -0.2) is 40.3 Å². The van der Waals surface area contributed by atoms with Crippen molar-refractivity contribution >= 4 is 10.1 Å². The molecule has 2 atom stereocenters. The Kier molecular flexibility index (Phi) is 3.77. The first-order valence-corrected chi connectivity index (χ1v) is 7.88. The van der Waals surface area contributed by atoms with Gasteiger partial charge >= 0.3 is 0 Å². The molecule has 0 bridgehead atoms. The minimum atomic E-state index is -3.36. The van der Waals surface area contributed by atoms with E-state index in [0.717, 1.165) is 25.5 Å². The lowest BCUT2D eigenvalue weighted by Gasteiger charge is -2.21. The van der Waals surface area contributed by atoms with Crippen molar-refractivity contribution in [3.05, 3.63) is 0 Å². The Morgan fingerprint density at radius 1 is 1.24 bits per heavy atom. The molecular weight excluding hydrogens is 244 g/mol. The molecule has 17 heavy (non-hydrogen) atoms. The van der Waals surface area contributed by atoms with Gasteiger partial charge in [-0.25, -0.2) is 0 Å². The van der Waals surface area contributed by atoms with Crippen molar-refractivity contribution in [1.29, 1.82) is 0 Å². The molecule has 2 aliphatic rings. The lowest BCUT2D eigenvalue weighted by molar-refractivity contribution is -0.154. The van der Waals surface area contributed by atoms with E-state index in [4.69, 9.17) is 13.7 Å². The van der Waals surface area contributed by atoms with E-state index >= 15 is 0 Å². The summed E-state index contributed by atoms with van der Waals surface area (Å²) in [4.78, 5) is 0. The molecule has 0 aromatic heterocycles. The fraction of sp³-hybridized carbons (Fsp3) is 1.00. The summed E-state index contributed by atoms with van der Waals surface area (Å²) in [5, 5.41) is 0. The maximum absolute atomic E-state index is 11.0. The van der Waals surface area contributed by atoms with Crippen molar-refractivity contribution in [1.82, 2.24) is 0 Å². The Balaban J connectivity index is 1.97. The Morgan fingerprint density at radius 3 is 2.35 bits per heavy atom. The molecule has 1 heterocycles. The van der Waals surface area contributed by atoms with Crippen LogP contribution < -0.4 is 0 Å². The lowest BCUT2D eigenvalue weighted by Crippen LogP contribution is -2.26. The second kappa shape index (κ2) is 4.84. The highest BCUT2D eigenvalue weighted by Crippen LogP contribution is 2.46. The Hall–Kier alpha value is -0.170. The summed E-state index contributed by atoms with van der Waals surface area (Å²) < 4.78 is 38.3. The van der Waals surface area contributed by atoms with Gasteiger partial charge in [0, 0.05) is 12.8 Å². The van der Waals surface area contributed by atoms with E-state index in [-0.39, 0.29) is 12.5 Å². The Labute approximate surface area is 103 Å². The molecule has 5 nitrogen and oxygen atoms in total. The number of ether oxygens (including phenoxy) is 2. The summed E-state index contributed by atoms with van der Waals surface area (Å²) in [6.45, 7) is 3.62. The van der Waals surface area contributed by atoms with Gasteiger partial charge in [0.05, 0.1) is 26.1 Å². The van der Waals surface area contributed by atoms with E-state index in [0.29, 0.717) is 19.1 Å². The molecule has 1 spiro atoms. The number of rotatable bonds is 4. The van der Waals surface area contributed by atoms with Gasteiger partial charge in [0.15, 0.2) is 5.79 Å². The largest absolute Gasteiger partial charge is 0.348 e. The molecule has 100 valence electrons. The molecule has 6 heteroatoms. The van der Waals surface area contributed by atoms with Crippen LogP contribution >= 0.6 is 0 Å². The van der Waals surface area contributed by atoms with Gasteiger partial charge in [-0.15, -0.1) is 0 Å². The van der Waals surface area contributed by atoms with Crippen LogP contribution in [0.5, 0.6) is 0 Å². The van der Waals surface area contributed by atoms with Gasteiger partial charge in [-0.2, -0.15) is 8.42 Å². The first-order valence-electron chi connectivity index (χ1n) is 6.06. The molecule has 0 amide bonds. The van der Waals surface area contributed by atoms with Crippen LogP contribution in [0.2, 0.25) is 0 Å². The van der Waals surface area contributed by atoms with E-state index in [1.165, 1.54) is 0 Å². The fourth-order valence-corrected chi connectivity index (χ4v) is 3.25. The van der Waals surface area contributed by atoms with E-state index < -0.39 is 15.9 Å². The van der Waals surface area contributed by atoms with Crippen molar-refractivity contribution in [3.63, 3.8) is 0 Å². The van der Waals surface area contributed by atoms with Crippen LogP contribution in [0.15, 0.2) is 0 Å². The molecule has 1 aliphatic heterocycles. The number of hydrogen-bond acceptors (Lipinski definition) is 5. The third-order valence-electron chi connectivity index (χ3n) is 3.65. The summed E-state index contributed by atoms with van der Waals surface area (Å²) in [5.41, 5.74) is 0. The molecule has 1 saturated carbocycles. The van der Waals surface area contributed by atoms with Crippen LogP contribution in [0.3, 0.4) is 0 Å². The van der Waals surface area contributed by atoms with Gasteiger partial charge in [0.25, 0.3) is 10.1 Å². The molecule has 0 aromatic carbocycles. The lowest BCUT2D eigenvalue weighted by atomic mass is 9.95. The average Bonchev–Trinajstić information content (AvgIpc) is 2.83. The predicted molar refractivity (Wildman–Crippen MR) is 61.9 cm³/mol. The first kappa shape index (κ1) is 13.3. The van der Waals surface area contributed by atoms with Gasteiger partial charge in [0.2, 0.25) is 0 Å². The monoisotopic (exact) mass is 264 g/mol. The maximum atomic E-state index is 11.0. The Bertz CT molecular complexity index is 358. The van der Waals surface area contributed by atoms with Crippen molar-refractivity contribution in [2.45, 2.75) is 32.0 Å². The van der Waals surface area contributed by atoms with Gasteiger partial charge in [-0.3, -0.25) is 4.18 Å². The molecule has 1 saturated heterocycles. The van der Waals surface area contributed by atoms with Gasteiger partial charge in [-0.1, -0.05) is 13.3 Å². The summed E-state index contributed by atoms with van der Waals surface area (Å²) in [5.74, 6) is 0.148. The van der Waals surface area contributed by atoms with Crippen LogP contribution in [0, 0.1) is 11.8 Å². The topological polar surface area (TPSA) is 61.8 Å². The fourth-order valence-electron chi connectivity index (χ4n) is 2.83. The maximum Gasteiger partial charge on any atom is 0.264 e. The van der Waals surface area contributed by atoms with E-state index in [1.807, 2.05) is 0 Å². The standard InChI is InChI=1S/C11H20O5S/c1-3-9-6-11(14-4-5-15-11)7-10(9)8-16-17(2,12)13/h9-10H,3-8H2,1-2H3.